The highest BCUT2D eigenvalue weighted by atomic mass is 35.5. The predicted molar refractivity (Wildman–Crippen MR) is 77.8 cm³/mol. The summed E-state index contributed by atoms with van der Waals surface area (Å²) in [5, 5.41) is 4.34. The number of halogens is 1. The second-order valence-electron chi connectivity index (χ2n) is 5.84. The molecule has 4 heteroatoms. The second-order valence-corrected chi connectivity index (χ2v) is 6.28. The normalized spacial score (nSPS) is 27.3. The monoisotopic (exact) mass is 275 g/mol. The Balaban J connectivity index is 1.91. The lowest BCUT2D eigenvalue weighted by atomic mass is 10.0. The summed E-state index contributed by atoms with van der Waals surface area (Å²) >= 11 is 6.16. The number of fused-ring (bicyclic) bond motifs is 1. The van der Waals surface area contributed by atoms with E-state index in [2.05, 4.69) is 22.9 Å². The van der Waals surface area contributed by atoms with Gasteiger partial charge in [0.05, 0.1) is 11.0 Å². The van der Waals surface area contributed by atoms with Crippen LogP contribution < -0.4 is 5.32 Å². The molecule has 2 unspecified atom stereocenters. The van der Waals surface area contributed by atoms with E-state index in [-0.39, 0.29) is 0 Å². The summed E-state index contributed by atoms with van der Waals surface area (Å²) in [5.41, 5.74) is 2.30. The molecule has 100 valence electrons. The van der Waals surface area contributed by atoms with Gasteiger partial charge in [0.2, 0.25) is 0 Å². The molecule has 1 aliphatic heterocycles. The van der Waals surface area contributed by atoms with Crippen molar-refractivity contribution in [3.8, 4) is 0 Å². The lowest BCUT2D eigenvalue weighted by molar-refractivity contribution is 0.538. The van der Waals surface area contributed by atoms with Crippen LogP contribution in [-0.4, -0.2) is 22.1 Å². The summed E-state index contributed by atoms with van der Waals surface area (Å²) in [5.74, 6) is 1.80. The Kier molecular flexibility index (Phi) is 2.61. The fourth-order valence-corrected chi connectivity index (χ4v) is 3.44. The summed E-state index contributed by atoms with van der Waals surface area (Å²) in [4.78, 5) is 4.91. The van der Waals surface area contributed by atoms with E-state index >= 15 is 0 Å². The van der Waals surface area contributed by atoms with E-state index in [0.717, 1.165) is 17.1 Å². The van der Waals surface area contributed by atoms with E-state index in [4.69, 9.17) is 16.6 Å². The number of rotatable bonds is 2. The first kappa shape index (κ1) is 11.7. The summed E-state index contributed by atoms with van der Waals surface area (Å²) in [7, 11) is 0. The highest BCUT2D eigenvalue weighted by Gasteiger charge is 2.34. The first-order valence-corrected chi connectivity index (χ1v) is 7.52. The van der Waals surface area contributed by atoms with E-state index in [1.807, 2.05) is 12.1 Å². The smallest absolute Gasteiger partial charge is 0.114 e. The van der Waals surface area contributed by atoms with Crippen LogP contribution in [0.4, 0.5) is 0 Å². The van der Waals surface area contributed by atoms with E-state index < -0.39 is 0 Å². The number of nitrogens with one attached hydrogen (secondary N) is 1. The summed E-state index contributed by atoms with van der Waals surface area (Å²) < 4.78 is 2.45. The van der Waals surface area contributed by atoms with Crippen molar-refractivity contribution in [2.75, 3.05) is 6.54 Å². The molecule has 1 aliphatic carbocycles. The Labute approximate surface area is 118 Å². The highest BCUT2D eigenvalue weighted by molar-refractivity contribution is 6.31. The largest absolute Gasteiger partial charge is 0.325 e. The van der Waals surface area contributed by atoms with Gasteiger partial charge in [0.15, 0.2) is 0 Å². The SMILES string of the molecule is CC1NCCC1c1nc2ccc(Cl)cc2n1C1CC1. The van der Waals surface area contributed by atoms with E-state index in [1.54, 1.807) is 0 Å². The Hall–Kier alpha value is -1.06. The van der Waals surface area contributed by atoms with Crippen molar-refractivity contribution in [1.82, 2.24) is 14.9 Å². The second kappa shape index (κ2) is 4.22. The lowest BCUT2D eigenvalue weighted by Gasteiger charge is -2.17. The molecule has 1 saturated heterocycles. The Bertz CT molecular complexity index is 630. The van der Waals surface area contributed by atoms with Gasteiger partial charge in [-0.25, -0.2) is 4.98 Å². The maximum absolute atomic E-state index is 6.16. The van der Waals surface area contributed by atoms with Crippen molar-refractivity contribution in [3.05, 3.63) is 29.0 Å². The molecule has 2 atom stereocenters. The molecule has 0 bridgehead atoms. The maximum Gasteiger partial charge on any atom is 0.114 e. The number of hydrogen-bond acceptors (Lipinski definition) is 2. The molecule has 2 heterocycles. The van der Waals surface area contributed by atoms with Crippen LogP contribution in [0.1, 0.15) is 44.0 Å². The van der Waals surface area contributed by atoms with Crippen molar-refractivity contribution in [1.29, 1.82) is 0 Å². The van der Waals surface area contributed by atoms with Gasteiger partial charge in [0.25, 0.3) is 0 Å². The third kappa shape index (κ3) is 1.87. The maximum atomic E-state index is 6.16. The molecule has 3 nitrogen and oxygen atoms in total. The minimum Gasteiger partial charge on any atom is -0.325 e. The van der Waals surface area contributed by atoms with Gasteiger partial charge in [-0.2, -0.15) is 0 Å². The average Bonchev–Trinajstić information content (AvgIpc) is 3.03. The molecule has 0 radical (unpaired) electrons. The minimum atomic E-state index is 0.518. The van der Waals surface area contributed by atoms with Gasteiger partial charge < -0.3 is 9.88 Å². The molecule has 0 spiro atoms. The Morgan fingerprint density at radius 3 is 2.84 bits per heavy atom. The summed E-state index contributed by atoms with van der Waals surface area (Å²) in [6.07, 6.45) is 3.74. The molecule has 1 aromatic carbocycles. The highest BCUT2D eigenvalue weighted by Crippen LogP contribution is 2.42. The number of imidazole rings is 1. The minimum absolute atomic E-state index is 0.518. The molecule has 0 amide bonds. The number of nitrogens with zero attached hydrogens (tertiary/aromatic N) is 2. The standard InChI is InChI=1S/C15H18ClN3/c1-9-12(6-7-17-9)15-18-13-5-2-10(16)8-14(13)19(15)11-3-4-11/h2,5,8-9,11-12,17H,3-4,6-7H2,1H3. The van der Waals surface area contributed by atoms with Crippen molar-refractivity contribution in [2.24, 2.45) is 0 Å². The van der Waals surface area contributed by atoms with Crippen LogP contribution in [0.25, 0.3) is 11.0 Å². The van der Waals surface area contributed by atoms with Gasteiger partial charge >= 0.3 is 0 Å². The molecule has 2 aromatic rings. The van der Waals surface area contributed by atoms with Gasteiger partial charge in [-0.15, -0.1) is 0 Å². The molecule has 2 fully saturated rings. The Morgan fingerprint density at radius 2 is 2.16 bits per heavy atom. The molecular weight excluding hydrogens is 258 g/mol. The van der Waals surface area contributed by atoms with E-state index in [0.29, 0.717) is 18.0 Å². The molecule has 4 rings (SSSR count). The molecular formula is C15H18ClN3. The third-order valence-electron chi connectivity index (χ3n) is 4.45. The van der Waals surface area contributed by atoms with Crippen LogP contribution in [0.2, 0.25) is 5.02 Å². The van der Waals surface area contributed by atoms with Gasteiger partial charge in [-0.05, 0) is 50.9 Å². The zero-order valence-corrected chi connectivity index (χ0v) is 11.8. The quantitative estimate of drug-likeness (QED) is 0.909. The summed E-state index contributed by atoms with van der Waals surface area (Å²) in [6, 6.07) is 7.22. The van der Waals surface area contributed by atoms with Crippen LogP contribution in [0, 0.1) is 0 Å². The first-order valence-electron chi connectivity index (χ1n) is 7.15. The van der Waals surface area contributed by atoms with E-state index in [9.17, 15) is 0 Å². The molecule has 2 aliphatic rings. The van der Waals surface area contributed by atoms with Gasteiger partial charge in [-0.3, -0.25) is 0 Å². The van der Waals surface area contributed by atoms with Crippen LogP contribution in [0.15, 0.2) is 18.2 Å². The van der Waals surface area contributed by atoms with Gasteiger partial charge in [0.1, 0.15) is 5.82 Å². The van der Waals surface area contributed by atoms with Crippen molar-refractivity contribution in [3.63, 3.8) is 0 Å². The third-order valence-corrected chi connectivity index (χ3v) is 4.68. The number of hydrogen-bond donors (Lipinski definition) is 1. The van der Waals surface area contributed by atoms with Crippen LogP contribution in [0.3, 0.4) is 0 Å². The number of aromatic nitrogens is 2. The fraction of sp³-hybridized carbons (Fsp3) is 0.533. The van der Waals surface area contributed by atoms with Crippen molar-refractivity contribution >= 4 is 22.6 Å². The van der Waals surface area contributed by atoms with Crippen LogP contribution in [-0.2, 0) is 0 Å². The number of benzene rings is 1. The van der Waals surface area contributed by atoms with Gasteiger partial charge in [-0.1, -0.05) is 11.6 Å². The van der Waals surface area contributed by atoms with E-state index in [1.165, 1.54) is 30.6 Å². The predicted octanol–water partition coefficient (Wildman–Crippen LogP) is 3.49. The molecule has 1 saturated carbocycles. The van der Waals surface area contributed by atoms with Crippen LogP contribution >= 0.6 is 11.6 Å². The topological polar surface area (TPSA) is 29.9 Å². The molecule has 1 N–H and O–H groups in total. The zero-order valence-electron chi connectivity index (χ0n) is 11.1. The molecule has 1 aromatic heterocycles. The van der Waals surface area contributed by atoms with Crippen LogP contribution in [0.5, 0.6) is 0 Å². The Morgan fingerprint density at radius 1 is 1.32 bits per heavy atom. The zero-order chi connectivity index (χ0) is 13.0. The molecule has 19 heavy (non-hydrogen) atoms. The van der Waals surface area contributed by atoms with Gasteiger partial charge in [0, 0.05) is 23.0 Å². The average molecular weight is 276 g/mol. The lowest BCUT2D eigenvalue weighted by Crippen LogP contribution is -2.23. The first-order chi connectivity index (χ1) is 9.24. The fourth-order valence-electron chi connectivity index (χ4n) is 3.27. The van der Waals surface area contributed by atoms with Crippen molar-refractivity contribution < 1.29 is 0 Å². The summed E-state index contributed by atoms with van der Waals surface area (Å²) in [6.45, 7) is 3.36. The van der Waals surface area contributed by atoms with Crippen molar-refractivity contribution in [2.45, 2.75) is 44.2 Å².